The molecule has 1 aromatic rings. The SMILES string of the molecule is CCCN(C)CCCc1cc(OC(C)C)c(C)cc1C. The van der Waals surface area contributed by atoms with Gasteiger partial charge in [0, 0.05) is 0 Å². The van der Waals surface area contributed by atoms with Crippen molar-refractivity contribution < 1.29 is 4.74 Å². The third-order valence-electron chi connectivity index (χ3n) is 3.59. The summed E-state index contributed by atoms with van der Waals surface area (Å²) in [5.41, 5.74) is 4.05. The van der Waals surface area contributed by atoms with Crippen LogP contribution in [-0.2, 0) is 6.42 Å². The lowest BCUT2D eigenvalue weighted by Gasteiger charge is -2.18. The molecule has 2 heteroatoms. The molecule has 1 rings (SSSR count). The molecule has 0 aliphatic rings. The van der Waals surface area contributed by atoms with Gasteiger partial charge in [-0.3, -0.25) is 0 Å². The van der Waals surface area contributed by atoms with Crippen LogP contribution in [0.2, 0.25) is 0 Å². The Bertz CT molecular complexity index is 412. The second kappa shape index (κ2) is 8.31. The molecule has 0 heterocycles. The minimum Gasteiger partial charge on any atom is -0.491 e. The van der Waals surface area contributed by atoms with Gasteiger partial charge in [0.2, 0.25) is 0 Å². The van der Waals surface area contributed by atoms with Crippen LogP contribution in [-0.4, -0.2) is 31.1 Å². The van der Waals surface area contributed by atoms with Crippen molar-refractivity contribution in [1.82, 2.24) is 4.90 Å². The van der Waals surface area contributed by atoms with E-state index in [1.807, 2.05) is 0 Å². The Morgan fingerprint density at radius 1 is 1.10 bits per heavy atom. The Hall–Kier alpha value is -1.02. The summed E-state index contributed by atoms with van der Waals surface area (Å²) in [6, 6.07) is 4.49. The monoisotopic (exact) mass is 277 g/mol. The minimum absolute atomic E-state index is 0.236. The van der Waals surface area contributed by atoms with Gasteiger partial charge < -0.3 is 9.64 Å². The molecule has 0 atom stereocenters. The Balaban J connectivity index is 2.65. The molecular weight excluding hydrogens is 246 g/mol. The van der Waals surface area contributed by atoms with Crippen LogP contribution in [0.15, 0.2) is 12.1 Å². The maximum atomic E-state index is 5.90. The Labute approximate surface area is 125 Å². The van der Waals surface area contributed by atoms with Crippen LogP contribution in [0.25, 0.3) is 0 Å². The van der Waals surface area contributed by atoms with Crippen molar-refractivity contribution in [3.8, 4) is 5.75 Å². The summed E-state index contributed by atoms with van der Waals surface area (Å²) in [6.45, 7) is 13.1. The van der Waals surface area contributed by atoms with Crippen molar-refractivity contribution >= 4 is 0 Å². The fourth-order valence-electron chi connectivity index (χ4n) is 2.56. The molecule has 20 heavy (non-hydrogen) atoms. The number of ether oxygens (including phenoxy) is 1. The standard InChI is InChI=1S/C18H31NO/c1-7-10-19(6)11-8-9-17-13-18(20-14(2)3)16(5)12-15(17)4/h12-14H,7-11H2,1-6H3. The summed E-state index contributed by atoms with van der Waals surface area (Å²) in [4.78, 5) is 2.41. The molecule has 0 aromatic heterocycles. The quantitative estimate of drug-likeness (QED) is 0.700. The molecule has 0 fully saturated rings. The highest BCUT2D eigenvalue weighted by Gasteiger charge is 2.07. The summed E-state index contributed by atoms with van der Waals surface area (Å²) >= 11 is 0. The fourth-order valence-corrected chi connectivity index (χ4v) is 2.56. The Morgan fingerprint density at radius 2 is 1.80 bits per heavy atom. The highest BCUT2D eigenvalue weighted by atomic mass is 16.5. The zero-order valence-corrected chi connectivity index (χ0v) is 14.1. The van der Waals surface area contributed by atoms with Gasteiger partial charge in [-0.1, -0.05) is 13.0 Å². The zero-order chi connectivity index (χ0) is 15.1. The normalized spacial score (nSPS) is 11.4. The second-order valence-corrected chi connectivity index (χ2v) is 6.12. The number of nitrogens with zero attached hydrogens (tertiary/aromatic N) is 1. The molecule has 2 nitrogen and oxygen atoms in total. The van der Waals surface area contributed by atoms with E-state index in [1.54, 1.807) is 0 Å². The minimum atomic E-state index is 0.236. The van der Waals surface area contributed by atoms with Gasteiger partial charge in [-0.2, -0.15) is 0 Å². The molecule has 0 saturated heterocycles. The molecule has 0 N–H and O–H groups in total. The van der Waals surface area contributed by atoms with Gasteiger partial charge in [0.1, 0.15) is 5.75 Å². The first-order valence-electron chi connectivity index (χ1n) is 7.89. The number of hydrogen-bond acceptors (Lipinski definition) is 2. The van der Waals surface area contributed by atoms with E-state index in [9.17, 15) is 0 Å². The van der Waals surface area contributed by atoms with E-state index in [0.717, 1.165) is 12.2 Å². The third-order valence-corrected chi connectivity index (χ3v) is 3.59. The second-order valence-electron chi connectivity index (χ2n) is 6.12. The fraction of sp³-hybridized carbons (Fsp3) is 0.667. The van der Waals surface area contributed by atoms with Gasteiger partial charge in [-0.25, -0.2) is 0 Å². The average molecular weight is 277 g/mol. The van der Waals surface area contributed by atoms with Crippen LogP contribution in [0.3, 0.4) is 0 Å². The van der Waals surface area contributed by atoms with Gasteiger partial charge in [-0.05, 0) is 89.9 Å². The first-order chi connectivity index (χ1) is 9.43. The topological polar surface area (TPSA) is 12.5 Å². The molecule has 0 spiro atoms. The molecule has 0 unspecified atom stereocenters. The molecule has 1 aromatic carbocycles. The predicted molar refractivity (Wildman–Crippen MR) is 87.8 cm³/mol. The van der Waals surface area contributed by atoms with Crippen LogP contribution in [0.4, 0.5) is 0 Å². The summed E-state index contributed by atoms with van der Waals surface area (Å²) in [6.07, 6.45) is 3.81. The molecule has 0 aliphatic heterocycles. The first kappa shape index (κ1) is 17.0. The molecule has 0 amide bonds. The van der Waals surface area contributed by atoms with E-state index < -0.39 is 0 Å². The van der Waals surface area contributed by atoms with Crippen LogP contribution < -0.4 is 4.74 Å². The maximum Gasteiger partial charge on any atom is 0.122 e. The van der Waals surface area contributed by atoms with Gasteiger partial charge in [0.25, 0.3) is 0 Å². The van der Waals surface area contributed by atoms with Gasteiger partial charge >= 0.3 is 0 Å². The van der Waals surface area contributed by atoms with Crippen molar-refractivity contribution in [3.63, 3.8) is 0 Å². The predicted octanol–water partition coefficient (Wildman–Crippen LogP) is 4.37. The van der Waals surface area contributed by atoms with E-state index in [0.29, 0.717) is 0 Å². The maximum absolute atomic E-state index is 5.90. The lowest BCUT2D eigenvalue weighted by molar-refractivity contribution is 0.240. The van der Waals surface area contributed by atoms with Crippen molar-refractivity contribution in [2.45, 2.75) is 60.0 Å². The molecule has 114 valence electrons. The van der Waals surface area contributed by atoms with Gasteiger partial charge in [0.05, 0.1) is 6.10 Å². The highest BCUT2D eigenvalue weighted by molar-refractivity contribution is 5.41. The zero-order valence-electron chi connectivity index (χ0n) is 14.1. The van der Waals surface area contributed by atoms with Crippen LogP contribution in [0.5, 0.6) is 5.75 Å². The van der Waals surface area contributed by atoms with Gasteiger partial charge in [-0.15, -0.1) is 0 Å². The largest absolute Gasteiger partial charge is 0.491 e. The lowest BCUT2D eigenvalue weighted by Crippen LogP contribution is -2.20. The van der Waals surface area contributed by atoms with Crippen molar-refractivity contribution in [3.05, 3.63) is 28.8 Å². The third kappa shape index (κ3) is 5.54. The molecule has 0 radical (unpaired) electrons. The van der Waals surface area contributed by atoms with E-state index in [1.165, 1.54) is 42.6 Å². The van der Waals surface area contributed by atoms with Crippen molar-refractivity contribution in [1.29, 1.82) is 0 Å². The van der Waals surface area contributed by atoms with E-state index in [-0.39, 0.29) is 6.10 Å². The summed E-state index contributed by atoms with van der Waals surface area (Å²) in [5, 5.41) is 0. The van der Waals surface area contributed by atoms with E-state index in [2.05, 4.69) is 58.7 Å². The summed E-state index contributed by atoms with van der Waals surface area (Å²) in [5.74, 6) is 1.04. The number of benzene rings is 1. The average Bonchev–Trinajstić information content (AvgIpc) is 2.34. The number of aryl methyl sites for hydroxylation is 3. The van der Waals surface area contributed by atoms with Crippen molar-refractivity contribution in [2.75, 3.05) is 20.1 Å². The molecule has 0 bridgehead atoms. The Morgan fingerprint density at radius 3 is 2.40 bits per heavy atom. The van der Waals surface area contributed by atoms with Crippen molar-refractivity contribution in [2.24, 2.45) is 0 Å². The molecule has 0 saturated carbocycles. The van der Waals surface area contributed by atoms with Crippen LogP contribution in [0, 0.1) is 13.8 Å². The Kier molecular flexibility index (Phi) is 7.08. The summed E-state index contributed by atoms with van der Waals surface area (Å²) < 4.78 is 5.90. The molecule has 0 aliphatic carbocycles. The smallest absolute Gasteiger partial charge is 0.122 e. The highest BCUT2D eigenvalue weighted by Crippen LogP contribution is 2.24. The van der Waals surface area contributed by atoms with Crippen LogP contribution >= 0.6 is 0 Å². The molecular formula is C18H31NO. The van der Waals surface area contributed by atoms with E-state index >= 15 is 0 Å². The lowest BCUT2D eigenvalue weighted by atomic mass is 10.0. The van der Waals surface area contributed by atoms with Gasteiger partial charge in [0.15, 0.2) is 0 Å². The van der Waals surface area contributed by atoms with E-state index in [4.69, 9.17) is 4.74 Å². The number of hydrogen-bond donors (Lipinski definition) is 0. The number of rotatable bonds is 8. The first-order valence-corrected chi connectivity index (χ1v) is 7.89. The summed E-state index contributed by atoms with van der Waals surface area (Å²) in [7, 11) is 2.21. The van der Waals surface area contributed by atoms with Crippen LogP contribution in [0.1, 0.15) is 50.3 Å².